The van der Waals surface area contributed by atoms with Crippen LogP contribution in [-0.4, -0.2) is 49.2 Å². The van der Waals surface area contributed by atoms with Crippen molar-refractivity contribution in [2.24, 2.45) is 0 Å². The van der Waals surface area contributed by atoms with Gasteiger partial charge in [0.2, 0.25) is 11.7 Å². The molecule has 0 saturated carbocycles. The molecule has 0 aliphatic carbocycles. The normalized spacial score (nSPS) is 10.5. The van der Waals surface area contributed by atoms with Crippen molar-refractivity contribution >= 4 is 57.8 Å². The van der Waals surface area contributed by atoms with Crippen LogP contribution in [0.3, 0.4) is 0 Å². The van der Waals surface area contributed by atoms with Crippen molar-refractivity contribution in [2.75, 3.05) is 18.4 Å². The zero-order valence-electron chi connectivity index (χ0n) is 20.0. The smallest absolute Gasteiger partial charge is 0.271 e. The summed E-state index contributed by atoms with van der Waals surface area (Å²) < 4.78 is 5.94. The molecule has 0 radical (unpaired) electrons. The van der Waals surface area contributed by atoms with Crippen molar-refractivity contribution in [3.8, 4) is 22.9 Å². The summed E-state index contributed by atoms with van der Waals surface area (Å²) in [6.07, 6.45) is 0. The molecule has 0 aliphatic rings. The number of carbonyl (C=O) groups excluding carboxylic acids is 1. The maximum atomic E-state index is 12.3. The number of non-ortho nitro benzene ring substituents is 1. The molecule has 1 heterocycles. The summed E-state index contributed by atoms with van der Waals surface area (Å²) >= 11 is 17.4. The van der Waals surface area contributed by atoms with Crippen LogP contribution in [0.1, 0.15) is 0 Å². The number of nitro benzene ring substituents is 1. The number of para-hydroxylation sites is 1. The van der Waals surface area contributed by atoms with Gasteiger partial charge in [0.05, 0.1) is 15.5 Å². The molecule has 0 spiro atoms. The first-order chi connectivity index (χ1) is 18.8. The standard InChI is InChI=1S/C24H20Cl2N8O4S/c25-15-8-9-21(19(26)12-15)38-20-7-2-1-6-18(20)23-30-32-33(31-23)14-22(35)27-10-11-28-24(39)29-16-4-3-5-17(13-16)34(36)37/h1-9,12-13H,10-11,14H2,(H,27,35)(H2,28,29,39). The van der Waals surface area contributed by atoms with Gasteiger partial charge in [-0.1, -0.05) is 41.4 Å². The molecule has 0 atom stereocenters. The van der Waals surface area contributed by atoms with E-state index >= 15 is 0 Å². The van der Waals surface area contributed by atoms with Crippen molar-refractivity contribution in [1.82, 2.24) is 30.8 Å². The van der Waals surface area contributed by atoms with E-state index < -0.39 is 4.92 Å². The van der Waals surface area contributed by atoms with Crippen LogP contribution in [0, 0.1) is 10.1 Å². The number of amides is 1. The summed E-state index contributed by atoms with van der Waals surface area (Å²) in [6.45, 7) is 0.422. The molecule has 0 saturated heterocycles. The van der Waals surface area contributed by atoms with Crippen LogP contribution in [0.2, 0.25) is 10.0 Å². The summed E-state index contributed by atoms with van der Waals surface area (Å²) in [5.41, 5.74) is 0.980. The SMILES string of the molecule is O=C(Cn1nnc(-c2ccccc2Oc2ccc(Cl)cc2Cl)n1)NCCNC(=S)Nc1cccc([N+](=O)[O-])c1. The minimum Gasteiger partial charge on any atom is -0.455 e. The van der Waals surface area contributed by atoms with Crippen molar-refractivity contribution in [3.63, 3.8) is 0 Å². The molecule has 200 valence electrons. The number of ether oxygens (including phenoxy) is 1. The van der Waals surface area contributed by atoms with Gasteiger partial charge in [0.1, 0.15) is 18.0 Å². The zero-order valence-corrected chi connectivity index (χ0v) is 22.3. The first-order valence-electron chi connectivity index (χ1n) is 11.3. The van der Waals surface area contributed by atoms with Gasteiger partial charge in [0.25, 0.3) is 5.69 Å². The first-order valence-corrected chi connectivity index (χ1v) is 12.5. The third kappa shape index (κ3) is 7.83. The quantitative estimate of drug-likeness (QED) is 0.105. The Labute approximate surface area is 237 Å². The lowest BCUT2D eigenvalue weighted by Gasteiger charge is -2.11. The number of anilines is 1. The van der Waals surface area contributed by atoms with Gasteiger partial charge in [-0.3, -0.25) is 14.9 Å². The Morgan fingerprint density at radius 1 is 1.03 bits per heavy atom. The van der Waals surface area contributed by atoms with E-state index in [0.717, 1.165) is 0 Å². The van der Waals surface area contributed by atoms with Crippen molar-refractivity contribution in [1.29, 1.82) is 0 Å². The van der Waals surface area contributed by atoms with E-state index in [1.165, 1.54) is 16.9 Å². The average Bonchev–Trinajstić information content (AvgIpc) is 3.37. The van der Waals surface area contributed by atoms with E-state index in [0.29, 0.717) is 39.3 Å². The molecular weight excluding hydrogens is 567 g/mol. The largest absolute Gasteiger partial charge is 0.455 e. The number of hydrogen-bond donors (Lipinski definition) is 3. The summed E-state index contributed by atoms with van der Waals surface area (Å²) in [6, 6.07) is 17.9. The number of tetrazole rings is 1. The van der Waals surface area contributed by atoms with Crippen molar-refractivity contribution in [2.45, 2.75) is 6.54 Å². The number of halogens is 2. The maximum absolute atomic E-state index is 12.3. The minimum absolute atomic E-state index is 0.0538. The highest BCUT2D eigenvalue weighted by Crippen LogP contribution is 2.35. The van der Waals surface area contributed by atoms with E-state index in [2.05, 4.69) is 31.4 Å². The lowest BCUT2D eigenvalue weighted by molar-refractivity contribution is -0.384. The Morgan fingerprint density at radius 3 is 2.62 bits per heavy atom. The lowest BCUT2D eigenvalue weighted by Crippen LogP contribution is -2.38. The topological polar surface area (TPSA) is 149 Å². The summed E-state index contributed by atoms with van der Waals surface area (Å²) in [4.78, 5) is 23.9. The molecule has 0 unspecified atom stereocenters. The van der Waals surface area contributed by atoms with Gasteiger partial charge in [0.15, 0.2) is 5.11 Å². The van der Waals surface area contributed by atoms with Crippen molar-refractivity contribution in [3.05, 3.63) is 86.9 Å². The summed E-state index contributed by atoms with van der Waals surface area (Å²) in [5, 5.41) is 32.7. The average molecular weight is 587 g/mol. The molecule has 15 heteroatoms. The maximum Gasteiger partial charge on any atom is 0.271 e. The third-order valence-electron chi connectivity index (χ3n) is 5.03. The molecule has 3 aromatic carbocycles. The number of hydrogen-bond acceptors (Lipinski definition) is 8. The second-order valence-electron chi connectivity index (χ2n) is 7.85. The minimum atomic E-state index is -0.492. The van der Waals surface area contributed by atoms with Gasteiger partial charge in [-0.25, -0.2) is 0 Å². The van der Waals surface area contributed by atoms with E-state index in [4.69, 9.17) is 40.2 Å². The van der Waals surface area contributed by atoms with Crippen LogP contribution in [-0.2, 0) is 11.3 Å². The van der Waals surface area contributed by atoms with Crippen LogP contribution in [0.15, 0.2) is 66.7 Å². The molecule has 39 heavy (non-hydrogen) atoms. The number of nitro groups is 1. The van der Waals surface area contributed by atoms with Gasteiger partial charge >= 0.3 is 0 Å². The highest BCUT2D eigenvalue weighted by atomic mass is 35.5. The van der Waals surface area contributed by atoms with Crippen LogP contribution in [0.5, 0.6) is 11.5 Å². The molecule has 4 rings (SSSR count). The zero-order chi connectivity index (χ0) is 27.8. The molecule has 1 amide bonds. The fourth-order valence-electron chi connectivity index (χ4n) is 3.27. The van der Waals surface area contributed by atoms with Gasteiger partial charge in [0, 0.05) is 35.9 Å². The Balaban J connectivity index is 1.26. The predicted octanol–water partition coefficient (Wildman–Crippen LogP) is 4.45. The summed E-state index contributed by atoms with van der Waals surface area (Å²) in [5.74, 6) is 0.790. The highest BCUT2D eigenvalue weighted by molar-refractivity contribution is 7.80. The molecule has 3 N–H and O–H groups in total. The molecule has 0 aliphatic heterocycles. The number of carbonyl (C=O) groups is 1. The first kappa shape index (κ1) is 27.7. The highest BCUT2D eigenvalue weighted by Gasteiger charge is 2.15. The van der Waals surface area contributed by atoms with Gasteiger partial charge in [-0.2, -0.15) is 4.80 Å². The number of nitrogens with zero attached hydrogens (tertiary/aromatic N) is 5. The van der Waals surface area contributed by atoms with E-state index in [1.807, 2.05) is 0 Å². The van der Waals surface area contributed by atoms with E-state index in [-0.39, 0.29) is 35.6 Å². The van der Waals surface area contributed by atoms with Gasteiger partial charge in [-0.15, -0.1) is 10.2 Å². The number of rotatable bonds is 10. The van der Waals surface area contributed by atoms with E-state index in [1.54, 1.807) is 54.6 Å². The summed E-state index contributed by atoms with van der Waals surface area (Å²) in [7, 11) is 0. The van der Waals surface area contributed by atoms with Crippen LogP contribution < -0.4 is 20.7 Å². The number of benzene rings is 3. The molecular formula is C24H20Cl2N8O4S. The lowest BCUT2D eigenvalue weighted by atomic mass is 10.2. The molecule has 0 bridgehead atoms. The second-order valence-corrected chi connectivity index (χ2v) is 9.11. The van der Waals surface area contributed by atoms with Crippen LogP contribution in [0.25, 0.3) is 11.4 Å². The number of thiocarbonyl (C=S) groups is 1. The van der Waals surface area contributed by atoms with E-state index in [9.17, 15) is 14.9 Å². The molecule has 4 aromatic rings. The predicted molar refractivity (Wildman–Crippen MR) is 150 cm³/mol. The molecule has 0 fully saturated rings. The fraction of sp³-hybridized carbons (Fsp3) is 0.125. The van der Waals surface area contributed by atoms with Crippen molar-refractivity contribution < 1.29 is 14.5 Å². The Morgan fingerprint density at radius 2 is 1.82 bits per heavy atom. The van der Waals surface area contributed by atoms with Crippen LogP contribution in [0.4, 0.5) is 11.4 Å². The third-order valence-corrected chi connectivity index (χ3v) is 5.80. The number of nitrogens with one attached hydrogen (secondary N) is 3. The van der Waals surface area contributed by atoms with Crippen LogP contribution >= 0.6 is 35.4 Å². The Kier molecular flexibility index (Phi) is 9.20. The van der Waals surface area contributed by atoms with Gasteiger partial charge < -0.3 is 20.7 Å². The second kappa shape index (κ2) is 13.0. The Hall–Kier alpha value is -4.33. The fourth-order valence-corrected chi connectivity index (χ4v) is 3.94. The Bertz CT molecular complexity index is 1520. The van der Waals surface area contributed by atoms with Gasteiger partial charge in [-0.05, 0) is 53.8 Å². The molecule has 1 aromatic heterocycles. The monoisotopic (exact) mass is 586 g/mol. The molecule has 12 nitrogen and oxygen atoms in total. The number of aromatic nitrogens is 4.